The summed E-state index contributed by atoms with van der Waals surface area (Å²) in [6.45, 7) is 7.70. The Labute approximate surface area is 292 Å². The number of piperidine rings is 1. The van der Waals surface area contributed by atoms with Crippen molar-refractivity contribution in [3.05, 3.63) is 83.6 Å². The number of benzene rings is 3. The summed E-state index contributed by atoms with van der Waals surface area (Å²) < 4.78 is 16.3. The number of nitrogens with one attached hydrogen (secondary N) is 3. The maximum absolute atomic E-state index is 13.0. The van der Waals surface area contributed by atoms with Crippen molar-refractivity contribution in [1.29, 1.82) is 5.26 Å². The lowest BCUT2D eigenvalue weighted by Gasteiger charge is -2.29. The molecule has 0 spiro atoms. The van der Waals surface area contributed by atoms with Gasteiger partial charge >= 0.3 is 12.1 Å². The minimum atomic E-state index is -0.987. The van der Waals surface area contributed by atoms with Crippen molar-refractivity contribution < 1.29 is 28.6 Å². The Morgan fingerprint density at radius 2 is 1.74 bits per heavy atom. The summed E-state index contributed by atoms with van der Waals surface area (Å²) in [4.78, 5) is 43.9. The van der Waals surface area contributed by atoms with E-state index in [1.54, 1.807) is 33.0 Å². The van der Waals surface area contributed by atoms with Crippen LogP contribution in [0, 0.1) is 11.3 Å². The normalized spacial score (nSPS) is 14.2. The maximum atomic E-state index is 13.0. The smallest absolute Gasteiger partial charge is 0.408 e. The van der Waals surface area contributed by atoms with Gasteiger partial charge in [0.1, 0.15) is 29.9 Å². The molecule has 0 aliphatic carbocycles. The second-order valence-electron chi connectivity index (χ2n) is 13.3. The molecule has 0 unspecified atom stereocenters. The van der Waals surface area contributed by atoms with E-state index < -0.39 is 29.6 Å². The number of nitriles is 1. The van der Waals surface area contributed by atoms with Crippen LogP contribution in [0.4, 0.5) is 10.5 Å². The first-order chi connectivity index (χ1) is 24.1. The Morgan fingerprint density at radius 3 is 2.52 bits per heavy atom. The van der Waals surface area contributed by atoms with Gasteiger partial charge < -0.3 is 34.7 Å². The molecule has 1 aromatic heterocycles. The molecule has 0 bridgehead atoms. The third-order valence-electron chi connectivity index (χ3n) is 8.32. The van der Waals surface area contributed by atoms with E-state index in [9.17, 15) is 19.6 Å². The van der Waals surface area contributed by atoms with Crippen molar-refractivity contribution in [2.24, 2.45) is 0 Å². The largest absolute Gasteiger partial charge is 0.462 e. The number of hydrogen-bond donors (Lipinski definition) is 3. The fourth-order valence-electron chi connectivity index (χ4n) is 5.90. The summed E-state index contributed by atoms with van der Waals surface area (Å²) in [5.41, 5.74) is 3.00. The van der Waals surface area contributed by atoms with Crippen LogP contribution in [0.25, 0.3) is 27.8 Å². The summed E-state index contributed by atoms with van der Waals surface area (Å²) in [5, 5.41) is 18.1. The summed E-state index contributed by atoms with van der Waals surface area (Å²) in [5.74, 6) is -1.13. The van der Waals surface area contributed by atoms with Crippen LogP contribution >= 0.6 is 0 Å². The van der Waals surface area contributed by atoms with Gasteiger partial charge in [0.15, 0.2) is 0 Å². The van der Waals surface area contributed by atoms with Crippen LogP contribution < -0.4 is 15.5 Å². The van der Waals surface area contributed by atoms with Crippen LogP contribution in [0.5, 0.6) is 0 Å². The molecular formula is C39H45N5O6. The standard InChI is InChI=1S/C39H45N5O6/c1-39(2,3)50-38(47)43-35(24-31-26-42-34-10-6-5-9-33(31)34)37(46)49-20-19-48-18-15-41-36(45)30(25-40)22-27-11-12-29-23-32(14-13-28(29)21-27)44-16-7-4-8-17-44/h5-6,9-14,21-23,26,35,42H,4,7-8,15-20,24H2,1-3H3,(H,41,45)(H,43,47)/b30-22+/t35-/m0/s1. The second kappa shape index (κ2) is 16.9. The topological polar surface area (TPSA) is 146 Å². The number of hydrogen-bond acceptors (Lipinski definition) is 8. The van der Waals surface area contributed by atoms with Gasteiger partial charge in [-0.05, 0) is 92.3 Å². The van der Waals surface area contributed by atoms with Gasteiger partial charge in [-0.1, -0.05) is 36.4 Å². The summed E-state index contributed by atoms with van der Waals surface area (Å²) in [6.07, 6.45) is 6.57. The van der Waals surface area contributed by atoms with Crippen molar-refractivity contribution in [2.75, 3.05) is 44.4 Å². The number of aromatic nitrogens is 1. The highest BCUT2D eigenvalue weighted by Gasteiger charge is 2.27. The number of carbonyl (C=O) groups is 3. The number of H-pyrrole nitrogens is 1. The van der Waals surface area contributed by atoms with Crippen LogP contribution in [-0.2, 0) is 30.2 Å². The Balaban J connectivity index is 1.07. The first-order valence-electron chi connectivity index (χ1n) is 17.1. The van der Waals surface area contributed by atoms with E-state index in [2.05, 4.69) is 38.7 Å². The number of fused-ring (bicyclic) bond motifs is 2. The van der Waals surface area contributed by atoms with Crippen LogP contribution in [0.1, 0.15) is 51.2 Å². The SMILES string of the molecule is CC(C)(C)OC(=O)N[C@@H](Cc1c[nH]c2ccccc12)C(=O)OCCOCCNC(=O)/C(C#N)=C/c1ccc2cc(N3CCCCC3)ccc2c1. The fourth-order valence-corrected chi connectivity index (χ4v) is 5.90. The molecule has 262 valence electrons. The Bertz CT molecular complexity index is 1880. The van der Waals surface area contributed by atoms with Gasteiger partial charge in [-0.2, -0.15) is 5.26 Å². The molecule has 5 rings (SSSR count). The van der Waals surface area contributed by atoms with E-state index in [-0.39, 0.29) is 38.4 Å². The molecule has 1 saturated heterocycles. The van der Waals surface area contributed by atoms with Crippen molar-refractivity contribution in [2.45, 2.75) is 58.1 Å². The lowest BCUT2D eigenvalue weighted by Crippen LogP contribution is -2.45. The third kappa shape index (κ3) is 10.1. The lowest BCUT2D eigenvalue weighted by atomic mass is 10.0. The Hall–Kier alpha value is -5.34. The lowest BCUT2D eigenvalue weighted by molar-refractivity contribution is -0.147. The zero-order valence-corrected chi connectivity index (χ0v) is 28.9. The van der Waals surface area contributed by atoms with Gasteiger partial charge in [0.2, 0.25) is 0 Å². The molecule has 2 amide bonds. The predicted octanol–water partition coefficient (Wildman–Crippen LogP) is 6.03. The zero-order chi connectivity index (χ0) is 35.5. The highest BCUT2D eigenvalue weighted by molar-refractivity contribution is 6.02. The molecule has 11 heteroatoms. The fraction of sp³-hybridized carbons (Fsp3) is 0.385. The van der Waals surface area contributed by atoms with E-state index >= 15 is 0 Å². The summed E-state index contributed by atoms with van der Waals surface area (Å²) in [7, 11) is 0. The summed E-state index contributed by atoms with van der Waals surface area (Å²) in [6, 6.07) is 21.0. The van der Waals surface area contributed by atoms with Gasteiger partial charge in [0.25, 0.3) is 5.91 Å². The molecule has 50 heavy (non-hydrogen) atoms. The number of aromatic amines is 1. The number of nitrogens with zero attached hydrogens (tertiary/aromatic N) is 2. The molecule has 0 saturated carbocycles. The molecule has 2 heterocycles. The van der Waals surface area contributed by atoms with Gasteiger partial charge in [0.05, 0.1) is 13.2 Å². The monoisotopic (exact) mass is 679 g/mol. The maximum Gasteiger partial charge on any atom is 0.408 e. The first kappa shape index (κ1) is 36.0. The highest BCUT2D eigenvalue weighted by Crippen LogP contribution is 2.26. The molecule has 1 atom stereocenters. The molecule has 3 N–H and O–H groups in total. The van der Waals surface area contributed by atoms with E-state index in [1.807, 2.05) is 48.5 Å². The van der Waals surface area contributed by atoms with E-state index in [0.717, 1.165) is 45.9 Å². The van der Waals surface area contributed by atoms with E-state index in [1.165, 1.54) is 24.9 Å². The molecule has 1 aliphatic rings. The molecule has 3 aromatic carbocycles. The minimum absolute atomic E-state index is 0.0121. The number of ether oxygens (including phenoxy) is 3. The van der Waals surface area contributed by atoms with E-state index in [0.29, 0.717) is 0 Å². The van der Waals surface area contributed by atoms with Crippen LogP contribution in [-0.4, -0.2) is 74.1 Å². The number of alkyl carbamates (subject to hydrolysis) is 1. The second-order valence-corrected chi connectivity index (χ2v) is 13.3. The third-order valence-corrected chi connectivity index (χ3v) is 8.32. The van der Waals surface area contributed by atoms with Crippen molar-refractivity contribution >= 4 is 51.4 Å². The number of para-hydroxylation sites is 1. The number of amides is 2. The molecule has 1 fully saturated rings. The van der Waals surface area contributed by atoms with Gasteiger partial charge in [-0.25, -0.2) is 9.59 Å². The summed E-state index contributed by atoms with van der Waals surface area (Å²) >= 11 is 0. The molecule has 4 aromatic rings. The molecular weight excluding hydrogens is 634 g/mol. The Morgan fingerprint density at radius 1 is 0.980 bits per heavy atom. The van der Waals surface area contributed by atoms with Crippen LogP contribution in [0.15, 0.2) is 72.4 Å². The number of carbonyl (C=O) groups excluding carboxylic acids is 3. The quantitative estimate of drug-likeness (QED) is 0.0672. The van der Waals surface area contributed by atoms with E-state index in [4.69, 9.17) is 14.2 Å². The average molecular weight is 680 g/mol. The van der Waals surface area contributed by atoms with Crippen molar-refractivity contribution in [3.63, 3.8) is 0 Å². The van der Waals surface area contributed by atoms with Gasteiger partial charge in [-0.3, -0.25) is 4.79 Å². The molecule has 11 nitrogen and oxygen atoms in total. The van der Waals surface area contributed by atoms with Gasteiger partial charge in [-0.15, -0.1) is 0 Å². The number of esters is 1. The van der Waals surface area contributed by atoms with Crippen LogP contribution in [0.3, 0.4) is 0 Å². The minimum Gasteiger partial charge on any atom is -0.462 e. The van der Waals surface area contributed by atoms with Crippen molar-refractivity contribution in [1.82, 2.24) is 15.6 Å². The Kier molecular flexibility index (Phi) is 12.1. The molecule has 0 radical (unpaired) electrons. The molecule has 1 aliphatic heterocycles. The van der Waals surface area contributed by atoms with Gasteiger partial charge in [0, 0.05) is 48.8 Å². The predicted molar refractivity (Wildman–Crippen MR) is 194 cm³/mol. The van der Waals surface area contributed by atoms with Crippen LogP contribution in [0.2, 0.25) is 0 Å². The number of anilines is 1. The zero-order valence-electron chi connectivity index (χ0n) is 28.9. The van der Waals surface area contributed by atoms with Crippen molar-refractivity contribution in [3.8, 4) is 6.07 Å². The first-order valence-corrected chi connectivity index (χ1v) is 17.1. The average Bonchev–Trinajstić information content (AvgIpc) is 3.51. The number of rotatable bonds is 13. The highest BCUT2D eigenvalue weighted by atomic mass is 16.6.